The molecule has 0 fully saturated rings. The number of aliphatic hydroxyl groups is 2. The van der Waals surface area contributed by atoms with Gasteiger partial charge in [-0.2, -0.15) is 0 Å². The van der Waals surface area contributed by atoms with Crippen LogP contribution in [0, 0.1) is 0 Å². The van der Waals surface area contributed by atoms with Gasteiger partial charge < -0.3 is 26.5 Å². The fraction of sp³-hybridized carbons (Fsp3) is 0.400. The first kappa shape index (κ1) is 13.4. The Morgan fingerprint density at radius 3 is 3.00 bits per heavy atom. The normalized spacial score (nSPS) is 13.6. The van der Waals surface area contributed by atoms with Crippen molar-refractivity contribution < 1.29 is 15.4 Å². The molecule has 0 saturated heterocycles. The Bertz CT molecular complexity index is 384. The molecule has 0 aromatic carbocycles. The molecule has 1 aromatic rings. The largest absolute Gasteiger partial charge is 0.409 e. The molecular formula is C10H16N4O3. The molecule has 0 aliphatic heterocycles. The zero-order chi connectivity index (χ0) is 12.7. The van der Waals surface area contributed by atoms with Crippen molar-refractivity contribution in [1.29, 1.82) is 0 Å². The second-order valence-electron chi connectivity index (χ2n) is 3.46. The lowest BCUT2D eigenvalue weighted by molar-refractivity contribution is 0.0942. The van der Waals surface area contributed by atoms with E-state index >= 15 is 0 Å². The molecule has 0 amide bonds. The number of hydrogen-bond acceptors (Lipinski definition) is 6. The number of amidine groups is 1. The summed E-state index contributed by atoms with van der Waals surface area (Å²) < 4.78 is 0. The number of oxime groups is 1. The van der Waals surface area contributed by atoms with Crippen LogP contribution in [-0.4, -0.2) is 45.5 Å². The second kappa shape index (κ2) is 6.79. The minimum Gasteiger partial charge on any atom is -0.409 e. The molecule has 0 radical (unpaired) electrons. The molecule has 7 heteroatoms. The third kappa shape index (κ3) is 3.99. The SMILES string of the molecule is NC(=NO)c1ncccc1CNCC(O)CO. The zero-order valence-corrected chi connectivity index (χ0v) is 9.24. The van der Waals surface area contributed by atoms with Crippen LogP contribution in [0.5, 0.6) is 0 Å². The van der Waals surface area contributed by atoms with Crippen LogP contribution in [0.25, 0.3) is 0 Å². The van der Waals surface area contributed by atoms with Gasteiger partial charge in [0.05, 0.1) is 12.7 Å². The van der Waals surface area contributed by atoms with Crippen molar-refractivity contribution in [2.24, 2.45) is 10.9 Å². The van der Waals surface area contributed by atoms with Crippen molar-refractivity contribution in [1.82, 2.24) is 10.3 Å². The summed E-state index contributed by atoms with van der Waals surface area (Å²) >= 11 is 0. The monoisotopic (exact) mass is 240 g/mol. The maximum Gasteiger partial charge on any atom is 0.189 e. The van der Waals surface area contributed by atoms with Crippen molar-refractivity contribution in [3.8, 4) is 0 Å². The smallest absolute Gasteiger partial charge is 0.189 e. The highest BCUT2D eigenvalue weighted by molar-refractivity contribution is 5.96. The summed E-state index contributed by atoms with van der Waals surface area (Å²) in [5.74, 6) is -0.0647. The molecule has 0 aliphatic rings. The van der Waals surface area contributed by atoms with Gasteiger partial charge in [-0.15, -0.1) is 0 Å². The maximum atomic E-state index is 9.14. The zero-order valence-electron chi connectivity index (χ0n) is 9.24. The molecular weight excluding hydrogens is 224 g/mol. The number of nitrogens with zero attached hydrogens (tertiary/aromatic N) is 2. The highest BCUT2D eigenvalue weighted by Crippen LogP contribution is 2.04. The van der Waals surface area contributed by atoms with Gasteiger partial charge in [0, 0.05) is 19.3 Å². The van der Waals surface area contributed by atoms with Gasteiger partial charge in [-0.25, -0.2) is 0 Å². The Kier molecular flexibility index (Phi) is 5.34. The topological polar surface area (TPSA) is 124 Å². The Balaban J connectivity index is 2.64. The lowest BCUT2D eigenvalue weighted by Crippen LogP contribution is -2.30. The molecule has 0 spiro atoms. The maximum absolute atomic E-state index is 9.14. The molecule has 1 unspecified atom stereocenters. The molecule has 0 bridgehead atoms. The van der Waals surface area contributed by atoms with Crippen molar-refractivity contribution in [3.05, 3.63) is 29.6 Å². The summed E-state index contributed by atoms with van der Waals surface area (Å²) in [7, 11) is 0. The van der Waals surface area contributed by atoms with Gasteiger partial charge in [0.15, 0.2) is 5.84 Å². The van der Waals surface area contributed by atoms with E-state index in [2.05, 4.69) is 15.5 Å². The van der Waals surface area contributed by atoms with E-state index < -0.39 is 6.10 Å². The van der Waals surface area contributed by atoms with Gasteiger partial charge in [0.2, 0.25) is 0 Å². The Labute approximate surface area is 98.6 Å². The number of pyridine rings is 1. The van der Waals surface area contributed by atoms with Crippen molar-refractivity contribution in [2.75, 3.05) is 13.2 Å². The minimum atomic E-state index is -0.807. The Hall–Kier alpha value is -1.70. The predicted molar refractivity (Wildman–Crippen MR) is 61.5 cm³/mol. The summed E-state index contributed by atoms with van der Waals surface area (Å²) in [5.41, 5.74) is 6.61. The van der Waals surface area contributed by atoms with E-state index in [1.807, 2.05) is 0 Å². The van der Waals surface area contributed by atoms with E-state index in [1.54, 1.807) is 18.3 Å². The minimum absolute atomic E-state index is 0.0647. The van der Waals surface area contributed by atoms with Crippen molar-refractivity contribution in [3.63, 3.8) is 0 Å². The van der Waals surface area contributed by atoms with Gasteiger partial charge >= 0.3 is 0 Å². The van der Waals surface area contributed by atoms with Gasteiger partial charge in [0.1, 0.15) is 5.69 Å². The summed E-state index contributed by atoms with van der Waals surface area (Å²) in [5, 5.41) is 32.2. The van der Waals surface area contributed by atoms with Gasteiger partial charge in [-0.1, -0.05) is 11.2 Å². The van der Waals surface area contributed by atoms with E-state index in [0.29, 0.717) is 12.2 Å². The molecule has 94 valence electrons. The fourth-order valence-electron chi connectivity index (χ4n) is 1.30. The van der Waals surface area contributed by atoms with E-state index in [9.17, 15) is 0 Å². The summed E-state index contributed by atoms with van der Waals surface area (Å²) in [4.78, 5) is 4.00. The van der Waals surface area contributed by atoms with Gasteiger partial charge in [-0.3, -0.25) is 4.98 Å². The number of nitrogens with two attached hydrogens (primary N) is 1. The van der Waals surface area contributed by atoms with Crippen LogP contribution in [0.1, 0.15) is 11.3 Å². The lowest BCUT2D eigenvalue weighted by Gasteiger charge is -2.10. The van der Waals surface area contributed by atoms with E-state index in [0.717, 1.165) is 5.56 Å². The van der Waals surface area contributed by atoms with Crippen LogP contribution < -0.4 is 11.1 Å². The van der Waals surface area contributed by atoms with Crippen LogP contribution in [0.15, 0.2) is 23.5 Å². The van der Waals surface area contributed by atoms with Gasteiger partial charge in [-0.05, 0) is 11.6 Å². The lowest BCUT2D eigenvalue weighted by atomic mass is 10.2. The first-order valence-electron chi connectivity index (χ1n) is 5.10. The van der Waals surface area contributed by atoms with Crippen LogP contribution >= 0.6 is 0 Å². The third-order valence-electron chi connectivity index (χ3n) is 2.15. The predicted octanol–water partition coefficient (Wildman–Crippen LogP) is -1.38. The highest BCUT2D eigenvalue weighted by Gasteiger charge is 2.08. The fourth-order valence-corrected chi connectivity index (χ4v) is 1.30. The average Bonchev–Trinajstić information content (AvgIpc) is 2.38. The molecule has 6 N–H and O–H groups in total. The number of aromatic nitrogens is 1. The van der Waals surface area contributed by atoms with E-state index in [-0.39, 0.29) is 19.0 Å². The van der Waals surface area contributed by atoms with Crippen LogP contribution in [0.2, 0.25) is 0 Å². The number of hydrogen-bond donors (Lipinski definition) is 5. The molecule has 0 saturated carbocycles. The van der Waals surface area contributed by atoms with E-state index in [4.69, 9.17) is 21.2 Å². The first-order chi connectivity index (χ1) is 8.19. The Morgan fingerprint density at radius 1 is 1.59 bits per heavy atom. The molecule has 1 heterocycles. The third-order valence-corrected chi connectivity index (χ3v) is 2.15. The molecule has 17 heavy (non-hydrogen) atoms. The standard InChI is InChI=1S/C10H16N4O3/c11-10(14-17)9-7(2-1-3-13-9)4-12-5-8(16)6-15/h1-3,8,12,15-17H,4-6H2,(H2,11,14). The number of nitrogens with one attached hydrogen (secondary N) is 1. The van der Waals surface area contributed by atoms with Crippen molar-refractivity contribution >= 4 is 5.84 Å². The summed E-state index contributed by atoms with van der Waals surface area (Å²) in [6.45, 7) is 0.352. The first-order valence-corrected chi connectivity index (χ1v) is 5.10. The Morgan fingerprint density at radius 2 is 2.35 bits per heavy atom. The van der Waals surface area contributed by atoms with Crippen molar-refractivity contribution in [2.45, 2.75) is 12.6 Å². The summed E-state index contributed by atoms with van der Waals surface area (Å²) in [6.07, 6.45) is 0.735. The molecule has 1 atom stereocenters. The van der Waals surface area contributed by atoms with Crippen LogP contribution in [0.4, 0.5) is 0 Å². The van der Waals surface area contributed by atoms with Crippen LogP contribution in [-0.2, 0) is 6.54 Å². The summed E-state index contributed by atoms with van der Waals surface area (Å²) in [6, 6.07) is 3.51. The quantitative estimate of drug-likeness (QED) is 0.181. The second-order valence-corrected chi connectivity index (χ2v) is 3.46. The molecule has 7 nitrogen and oxygen atoms in total. The highest BCUT2D eigenvalue weighted by atomic mass is 16.4. The average molecular weight is 240 g/mol. The van der Waals surface area contributed by atoms with E-state index in [1.165, 1.54) is 0 Å². The van der Waals surface area contributed by atoms with Crippen LogP contribution in [0.3, 0.4) is 0 Å². The molecule has 1 aromatic heterocycles. The number of rotatable bonds is 6. The molecule has 1 rings (SSSR count). The number of aliphatic hydroxyl groups excluding tert-OH is 2. The molecule has 0 aliphatic carbocycles. The van der Waals surface area contributed by atoms with Gasteiger partial charge in [0.25, 0.3) is 0 Å².